The molecule has 1 aromatic rings. The van der Waals surface area contributed by atoms with Crippen molar-refractivity contribution in [2.75, 3.05) is 6.54 Å². The molecule has 0 bridgehead atoms. The van der Waals surface area contributed by atoms with E-state index in [-0.39, 0.29) is 18.5 Å². The van der Waals surface area contributed by atoms with Crippen molar-refractivity contribution >= 4 is 23.3 Å². The number of nitrogens with one attached hydrogen (secondary N) is 1. The van der Waals surface area contributed by atoms with E-state index in [0.29, 0.717) is 0 Å². The van der Waals surface area contributed by atoms with E-state index in [9.17, 15) is 9.59 Å². The molecule has 1 aliphatic rings. The van der Waals surface area contributed by atoms with E-state index in [1.165, 1.54) is 16.2 Å². The molecule has 1 N–H and O–H groups in total. The second kappa shape index (κ2) is 3.30. The molecule has 2 heterocycles. The largest absolute Gasteiger partial charge is 0.325 e. The van der Waals surface area contributed by atoms with Gasteiger partial charge < -0.3 is 4.90 Å². The number of urea groups is 1. The minimum Gasteiger partial charge on any atom is -0.304 e. The van der Waals surface area contributed by atoms with Gasteiger partial charge in [-0.2, -0.15) is 0 Å². The van der Waals surface area contributed by atoms with Crippen LogP contribution in [0.15, 0.2) is 11.6 Å². The van der Waals surface area contributed by atoms with Gasteiger partial charge >= 0.3 is 6.03 Å². The Bertz CT molecular complexity index is 399. The summed E-state index contributed by atoms with van der Waals surface area (Å²) < 4.78 is 0. The summed E-state index contributed by atoms with van der Waals surface area (Å²) >= 11 is 1.48. The first kappa shape index (κ1) is 10.1. The van der Waals surface area contributed by atoms with Crippen LogP contribution in [-0.2, 0) is 10.3 Å². The smallest absolute Gasteiger partial charge is 0.304 e. The monoisotopic (exact) mass is 225 g/mol. The number of hydrogen-bond donors (Lipinski definition) is 1. The van der Waals surface area contributed by atoms with Crippen LogP contribution < -0.4 is 5.32 Å². The lowest BCUT2D eigenvalue weighted by Crippen LogP contribution is -2.43. The molecule has 15 heavy (non-hydrogen) atoms. The zero-order valence-corrected chi connectivity index (χ0v) is 9.30. The first-order chi connectivity index (χ1) is 7.01. The number of hydrogen-bond acceptors (Lipinski definition) is 4. The molecule has 0 spiro atoms. The summed E-state index contributed by atoms with van der Waals surface area (Å²) in [7, 11) is 0. The van der Waals surface area contributed by atoms with Gasteiger partial charge in [0.05, 0.1) is 5.54 Å². The van der Waals surface area contributed by atoms with E-state index in [0.717, 1.165) is 5.01 Å². The number of carbonyl (C=O) groups excluding carboxylic acids is 2. The minimum absolute atomic E-state index is 0.103. The normalized spacial score (nSPS) is 17.1. The van der Waals surface area contributed by atoms with Crippen LogP contribution in [-0.4, -0.2) is 28.4 Å². The average molecular weight is 225 g/mol. The van der Waals surface area contributed by atoms with Crippen LogP contribution in [0, 0.1) is 0 Å². The molecule has 0 aromatic carbocycles. The number of carbonyl (C=O) groups is 2. The van der Waals surface area contributed by atoms with Crippen LogP contribution in [0.25, 0.3) is 0 Å². The van der Waals surface area contributed by atoms with Gasteiger partial charge in [-0.15, -0.1) is 11.3 Å². The Morgan fingerprint density at radius 3 is 2.73 bits per heavy atom. The summed E-state index contributed by atoms with van der Waals surface area (Å²) in [6, 6.07) is -0.347. The zero-order valence-electron chi connectivity index (χ0n) is 8.48. The second-order valence-electron chi connectivity index (χ2n) is 3.84. The van der Waals surface area contributed by atoms with Gasteiger partial charge in [-0.25, -0.2) is 9.78 Å². The molecule has 1 aromatic heterocycles. The molecule has 0 saturated carbocycles. The lowest BCUT2D eigenvalue weighted by molar-refractivity contribution is -0.118. The number of imide groups is 1. The Morgan fingerprint density at radius 1 is 1.53 bits per heavy atom. The van der Waals surface area contributed by atoms with E-state index in [4.69, 9.17) is 0 Å². The molecule has 0 unspecified atom stereocenters. The minimum atomic E-state index is -0.537. The number of amides is 3. The summed E-state index contributed by atoms with van der Waals surface area (Å²) in [5.74, 6) is -0.260. The summed E-state index contributed by atoms with van der Waals surface area (Å²) in [6.45, 7) is 3.86. The maximum atomic E-state index is 11.5. The van der Waals surface area contributed by atoms with Gasteiger partial charge in [-0.3, -0.25) is 10.1 Å². The summed E-state index contributed by atoms with van der Waals surface area (Å²) in [5, 5.41) is 4.94. The van der Waals surface area contributed by atoms with Crippen LogP contribution in [0.1, 0.15) is 18.9 Å². The molecule has 1 fully saturated rings. The standard InChI is InChI=1S/C9H11N3O2S/c1-9(2,7-10-3-4-15-7)12-5-6(13)11-8(12)14/h3-4H,5H2,1-2H3,(H,11,13,14). The van der Waals surface area contributed by atoms with Gasteiger partial charge in [0.15, 0.2) is 0 Å². The number of thiazole rings is 1. The molecule has 5 nitrogen and oxygen atoms in total. The Hall–Kier alpha value is -1.43. The Balaban J connectivity index is 2.30. The Kier molecular flexibility index (Phi) is 2.22. The number of aromatic nitrogens is 1. The highest BCUT2D eigenvalue weighted by Gasteiger charge is 2.40. The maximum Gasteiger partial charge on any atom is 0.325 e. The van der Waals surface area contributed by atoms with Gasteiger partial charge in [0.1, 0.15) is 11.6 Å². The van der Waals surface area contributed by atoms with Crippen LogP contribution in [0.4, 0.5) is 4.79 Å². The first-order valence-corrected chi connectivity index (χ1v) is 5.41. The topological polar surface area (TPSA) is 62.3 Å². The van der Waals surface area contributed by atoms with Crippen molar-refractivity contribution in [1.82, 2.24) is 15.2 Å². The van der Waals surface area contributed by atoms with Crippen LogP contribution in [0.5, 0.6) is 0 Å². The Labute approximate surface area is 91.1 Å². The molecule has 2 rings (SSSR count). The number of nitrogens with zero attached hydrogens (tertiary/aromatic N) is 2. The van der Waals surface area contributed by atoms with E-state index in [1.54, 1.807) is 6.20 Å². The molecule has 0 atom stereocenters. The molecular formula is C9H11N3O2S. The predicted molar refractivity (Wildman–Crippen MR) is 55.4 cm³/mol. The van der Waals surface area contributed by atoms with Gasteiger partial charge in [0, 0.05) is 11.6 Å². The zero-order chi connectivity index (χ0) is 11.1. The highest BCUT2D eigenvalue weighted by atomic mass is 32.1. The van der Waals surface area contributed by atoms with E-state index in [2.05, 4.69) is 10.3 Å². The van der Waals surface area contributed by atoms with Gasteiger partial charge in [-0.05, 0) is 13.8 Å². The number of rotatable bonds is 2. The lowest BCUT2D eigenvalue weighted by Gasteiger charge is -2.31. The van der Waals surface area contributed by atoms with Gasteiger partial charge in [-0.1, -0.05) is 0 Å². The van der Waals surface area contributed by atoms with Crippen LogP contribution in [0.2, 0.25) is 0 Å². The van der Waals surface area contributed by atoms with Crippen molar-refractivity contribution in [3.63, 3.8) is 0 Å². The molecular weight excluding hydrogens is 214 g/mol. The highest BCUT2D eigenvalue weighted by Crippen LogP contribution is 2.30. The SMILES string of the molecule is CC(C)(c1nccs1)N1CC(=O)NC1=O. The summed E-state index contributed by atoms with van der Waals surface area (Å²) in [5.41, 5.74) is -0.537. The van der Waals surface area contributed by atoms with Crippen LogP contribution in [0.3, 0.4) is 0 Å². The molecule has 1 saturated heterocycles. The summed E-state index contributed by atoms with van der Waals surface area (Å²) in [6.07, 6.45) is 1.69. The third kappa shape index (κ3) is 1.61. The van der Waals surface area contributed by atoms with Crippen molar-refractivity contribution in [3.05, 3.63) is 16.6 Å². The molecule has 1 aliphatic heterocycles. The maximum absolute atomic E-state index is 11.5. The average Bonchev–Trinajstić information content (AvgIpc) is 2.74. The third-order valence-corrected chi connectivity index (χ3v) is 3.51. The third-order valence-electron chi connectivity index (χ3n) is 2.42. The van der Waals surface area contributed by atoms with Crippen molar-refractivity contribution in [2.24, 2.45) is 0 Å². The molecule has 6 heteroatoms. The van der Waals surface area contributed by atoms with Gasteiger partial charge in [0.25, 0.3) is 0 Å². The fourth-order valence-corrected chi connectivity index (χ4v) is 2.31. The highest BCUT2D eigenvalue weighted by molar-refractivity contribution is 7.09. The molecule has 3 amide bonds. The molecule has 0 radical (unpaired) electrons. The van der Waals surface area contributed by atoms with Gasteiger partial charge in [0.2, 0.25) is 5.91 Å². The first-order valence-electron chi connectivity index (χ1n) is 4.53. The van der Waals surface area contributed by atoms with E-state index >= 15 is 0 Å². The molecule has 0 aliphatic carbocycles. The van der Waals surface area contributed by atoms with E-state index < -0.39 is 5.54 Å². The predicted octanol–water partition coefficient (Wildman–Crippen LogP) is 0.930. The quantitative estimate of drug-likeness (QED) is 0.762. The fourth-order valence-electron chi connectivity index (χ4n) is 1.53. The van der Waals surface area contributed by atoms with Crippen molar-refractivity contribution in [3.8, 4) is 0 Å². The van der Waals surface area contributed by atoms with E-state index in [1.807, 2.05) is 19.2 Å². The van der Waals surface area contributed by atoms with Crippen molar-refractivity contribution in [1.29, 1.82) is 0 Å². The Morgan fingerprint density at radius 2 is 2.27 bits per heavy atom. The second-order valence-corrected chi connectivity index (χ2v) is 4.73. The summed E-state index contributed by atoms with van der Waals surface area (Å²) in [4.78, 5) is 28.3. The van der Waals surface area contributed by atoms with Crippen molar-refractivity contribution < 1.29 is 9.59 Å². The fraction of sp³-hybridized carbons (Fsp3) is 0.444. The van der Waals surface area contributed by atoms with Crippen LogP contribution >= 0.6 is 11.3 Å². The van der Waals surface area contributed by atoms with Crippen molar-refractivity contribution in [2.45, 2.75) is 19.4 Å². The lowest BCUT2D eigenvalue weighted by atomic mass is 10.1. The molecule has 80 valence electrons.